The highest BCUT2D eigenvalue weighted by atomic mass is 19.1. The lowest BCUT2D eigenvalue weighted by atomic mass is 10.1. The van der Waals surface area contributed by atoms with Crippen molar-refractivity contribution in [2.24, 2.45) is 20.0 Å². The van der Waals surface area contributed by atoms with Gasteiger partial charge in [-0.1, -0.05) is 72.8 Å². The second-order valence-corrected chi connectivity index (χ2v) is 11.6. The Kier molecular flexibility index (Phi) is 4.93. The van der Waals surface area contributed by atoms with Crippen LogP contribution in [0.5, 0.6) is 0 Å². The Morgan fingerprint density at radius 2 is 0.886 bits per heavy atom. The topological polar surface area (TPSA) is 62.5 Å². The molecule has 0 N–H and O–H groups in total. The molecule has 6 aromatic rings. The van der Waals surface area contributed by atoms with E-state index in [-0.39, 0.29) is 0 Å². The number of aryl methyl sites for hydroxylation is 4. The second kappa shape index (κ2) is 8.70. The maximum Gasteiger partial charge on any atom is 0.243 e. The number of para-hydroxylation sites is 4. The number of guanidine groups is 1. The van der Waals surface area contributed by atoms with Gasteiger partial charge in [-0.3, -0.25) is 9.13 Å². The van der Waals surface area contributed by atoms with E-state index in [9.17, 15) is 0 Å². The Bertz CT molecular complexity index is 2250. The van der Waals surface area contributed by atoms with E-state index in [0.29, 0.717) is 29.5 Å². The first-order valence-electron chi connectivity index (χ1n) is 14.6. The summed E-state index contributed by atoms with van der Waals surface area (Å²) in [6.07, 6.45) is 2.83. The van der Waals surface area contributed by atoms with Gasteiger partial charge in [-0.15, -0.1) is 0 Å². The minimum Gasteiger partial charge on any atom is -0.277 e. The lowest BCUT2D eigenvalue weighted by Crippen LogP contribution is -2.43. The van der Waals surface area contributed by atoms with Crippen LogP contribution in [-0.2, 0) is 0 Å². The van der Waals surface area contributed by atoms with Crippen molar-refractivity contribution in [1.29, 1.82) is 0 Å². The summed E-state index contributed by atoms with van der Waals surface area (Å²) in [5, 5.41) is 4.46. The molecule has 2 aromatic heterocycles. The number of benzene rings is 4. The molecule has 44 heavy (non-hydrogen) atoms. The average Bonchev–Trinajstić information content (AvgIpc) is 3.53. The minimum atomic E-state index is -0.426. The molecule has 0 fully saturated rings. The maximum atomic E-state index is 15.3. The van der Waals surface area contributed by atoms with Crippen LogP contribution in [0.2, 0.25) is 0 Å². The molecule has 3 aliphatic heterocycles. The number of fused-ring (bicyclic) bond motifs is 6. The molecule has 4 aromatic carbocycles. The third kappa shape index (κ3) is 3.25. The molecule has 0 atom stereocenters. The number of hydrogen-bond acceptors (Lipinski definition) is 5. The van der Waals surface area contributed by atoms with Crippen LogP contribution >= 0.6 is 0 Å². The quantitative estimate of drug-likeness (QED) is 0.181. The van der Waals surface area contributed by atoms with Crippen LogP contribution in [-0.4, -0.2) is 37.7 Å². The monoisotopic (exact) mass is 575 g/mol. The average molecular weight is 576 g/mol. The highest BCUT2D eigenvalue weighted by Crippen LogP contribution is 2.37. The fraction of sp³-hybridized carbons (Fsp3) is 0.111. The van der Waals surface area contributed by atoms with Crippen LogP contribution < -0.4 is 0 Å². The smallest absolute Gasteiger partial charge is 0.243 e. The van der Waals surface area contributed by atoms with Crippen molar-refractivity contribution in [3.8, 4) is 0 Å². The van der Waals surface area contributed by atoms with Gasteiger partial charge in [-0.25, -0.2) is 9.29 Å². The van der Waals surface area contributed by atoms with E-state index in [1.165, 1.54) is 12.2 Å². The summed E-state index contributed by atoms with van der Waals surface area (Å²) in [7, 11) is 0. The summed E-state index contributed by atoms with van der Waals surface area (Å²) in [5.74, 6) is 1.60. The number of amidine groups is 1. The van der Waals surface area contributed by atoms with Crippen molar-refractivity contribution in [2.45, 2.75) is 27.7 Å². The lowest BCUT2D eigenvalue weighted by Gasteiger charge is -2.32. The van der Waals surface area contributed by atoms with Crippen LogP contribution in [0.4, 0.5) is 4.39 Å². The molecule has 212 valence electrons. The van der Waals surface area contributed by atoms with E-state index in [1.807, 2.05) is 0 Å². The van der Waals surface area contributed by atoms with Gasteiger partial charge in [0.2, 0.25) is 17.9 Å². The molecule has 0 unspecified atom stereocenters. The van der Waals surface area contributed by atoms with Crippen molar-refractivity contribution in [3.05, 3.63) is 119 Å². The first-order valence-corrected chi connectivity index (χ1v) is 14.6. The molecule has 7 nitrogen and oxygen atoms in total. The number of aliphatic imine (C=N–C) groups is 4. The maximum absolute atomic E-state index is 15.3. The van der Waals surface area contributed by atoms with E-state index >= 15 is 4.39 Å². The van der Waals surface area contributed by atoms with Gasteiger partial charge in [0.1, 0.15) is 17.5 Å². The number of halogens is 1. The van der Waals surface area contributed by atoms with Crippen molar-refractivity contribution in [3.63, 3.8) is 0 Å². The second-order valence-electron chi connectivity index (χ2n) is 11.6. The summed E-state index contributed by atoms with van der Waals surface area (Å²) in [4.78, 5) is 21.7. The van der Waals surface area contributed by atoms with Crippen LogP contribution in [0, 0.1) is 27.7 Å². The Morgan fingerprint density at radius 3 is 1.34 bits per heavy atom. The molecule has 0 saturated heterocycles. The van der Waals surface area contributed by atoms with Crippen LogP contribution in [0.25, 0.3) is 43.6 Å². The van der Waals surface area contributed by atoms with Crippen molar-refractivity contribution >= 4 is 67.3 Å². The van der Waals surface area contributed by atoms with Crippen molar-refractivity contribution in [2.75, 3.05) is 0 Å². The molecule has 5 heterocycles. The number of rotatable bonds is 0. The summed E-state index contributed by atoms with van der Waals surface area (Å²) < 4.78 is 19.4. The summed E-state index contributed by atoms with van der Waals surface area (Å²) >= 11 is 0. The lowest BCUT2D eigenvalue weighted by molar-refractivity contribution is 0.629. The van der Waals surface area contributed by atoms with E-state index < -0.39 is 5.83 Å². The molecule has 9 rings (SSSR count). The molecule has 0 spiro atoms. The van der Waals surface area contributed by atoms with Gasteiger partial charge in [0.05, 0.1) is 22.1 Å². The molecule has 0 saturated carbocycles. The SMILES string of the molecule is Cc1cccc2c3cccc(C)c3n(C3=NC4=CC(F)=CC5=NC(n6c7c(C)cccc7c7cccc(C)c76)=NC(=N3)N45)c12. The number of allylic oxidation sites excluding steroid dienone is 2. The molecule has 0 aliphatic carbocycles. The van der Waals surface area contributed by atoms with E-state index in [0.717, 1.165) is 65.9 Å². The van der Waals surface area contributed by atoms with Gasteiger partial charge in [-0.05, 0) is 49.9 Å². The normalized spacial score (nSPS) is 16.2. The highest BCUT2D eigenvalue weighted by molar-refractivity contribution is 6.25. The Morgan fingerprint density at radius 1 is 0.477 bits per heavy atom. The first kappa shape index (κ1) is 24.9. The zero-order chi connectivity index (χ0) is 29.9. The summed E-state index contributed by atoms with van der Waals surface area (Å²) in [6.45, 7) is 8.36. The standard InChI is InChI=1S/C36H26FN7/c1-19-9-5-13-24-25-14-6-10-20(2)31(25)43(30(19)24)34-38-28-17-23(37)18-29-39-35(41-36(40-34)42(28)29)44-32-21(3)11-7-15-26(32)27-16-8-12-22(4)33(27)44/h5-18H,1-4H3. The molecule has 0 bridgehead atoms. The molecule has 3 aliphatic rings. The van der Waals surface area contributed by atoms with Crippen LogP contribution in [0.15, 0.2) is 117 Å². The Hall–Kier alpha value is -5.63. The Labute approximate surface area is 252 Å². The van der Waals surface area contributed by atoms with Crippen molar-refractivity contribution in [1.82, 2.24) is 14.0 Å². The number of nitrogens with zero attached hydrogens (tertiary/aromatic N) is 7. The minimum absolute atomic E-state index is 0.387. The van der Waals surface area contributed by atoms with Gasteiger partial charge >= 0.3 is 0 Å². The van der Waals surface area contributed by atoms with Crippen LogP contribution in [0.1, 0.15) is 22.3 Å². The number of aromatic nitrogens is 2. The van der Waals surface area contributed by atoms with Gasteiger partial charge < -0.3 is 0 Å². The predicted octanol–water partition coefficient (Wildman–Crippen LogP) is 8.04. The van der Waals surface area contributed by atoms with Crippen molar-refractivity contribution < 1.29 is 4.39 Å². The van der Waals surface area contributed by atoms with Gasteiger partial charge in [0.25, 0.3) is 0 Å². The fourth-order valence-electron chi connectivity index (χ4n) is 6.98. The van der Waals surface area contributed by atoms with E-state index in [2.05, 4.69) is 110 Å². The molecule has 0 amide bonds. The van der Waals surface area contributed by atoms with E-state index in [1.54, 1.807) is 4.90 Å². The van der Waals surface area contributed by atoms with Gasteiger partial charge in [0.15, 0.2) is 0 Å². The third-order valence-electron chi connectivity index (χ3n) is 8.85. The summed E-state index contributed by atoms with van der Waals surface area (Å²) in [5.41, 5.74) is 8.45. The third-order valence-corrected chi connectivity index (χ3v) is 8.85. The molecule has 0 radical (unpaired) electrons. The van der Waals surface area contributed by atoms with Gasteiger partial charge in [0, 0.05) is 33.7 Å². The predicted molar refractivity (Wildman–Crippen MR) is 177 cm³/mol. The zero-order valence-corrected chi connectivity index (χ0v) is 24.6. The summed E-state index contributed by atoms with van der Waals surface area (Å²) in [6, 6.07) is 25.1. The molecule has 8 heteroatoms. The van der Waals surface area contributed by atoms with Gasteiger partial charge in [-0.2, -0.15) is 20.0 Å². The molecular weight excluding hydrogens is 549 g/mol. The first-order chi connectivity index (χ1) is 21.4. The highest BCUT2D eigenvalue weighted by Gasteiger charge is 2.35. The largest absolute Gasteiger partial charge is 0.277 e. The van der Waals surface area contributed by atoms with Crippen LogP contribution in [0.3, 0.4) is 0 Å². The Balaban J connectivity index is 1.36. The number of hydrogen-bond donors (Lipinski definition) is 0. The van der Waals surface area contributed by atoms with E-state index in [4.69, 9.17) is 20.0 Å². The molecular formula is C36H26FN7. The fourth-order valence-corrected chi connectivity index (χ4v) is 6.98. The zero-order valence-electron chi connectivity index (χ0n) is 24.6.